The summed E-state index contributed by atoms with van der Waals surface area (Å²) >= 11 is 0. The van der Waals surface area contributed by atoms with E-state index >= 15 is 0 Å². The van der Waals surface area contributed by atoms with Gasteiger partial charge in [-0.2, -0.15) is 0 Å². The van der Waals surface area contributed by atoms with Gasteiger partial charge in [0.25, 0.3) is 0 Å². The highest BCUT2D eigenvalue weighted by Crippen LogP contribution is 2.19. The number of aromatic nitrogens is 3. The second-order valence-corrected chi connectivity index (χ2v) is 3.97. The second-order valence-electron chi connectivity index (χ2n) is 3.97. The van der Waals surface area contributed by atoms with Crippen molar-refractivity contribution in [2.75, 3.05) is 0 Å². The van der Waals surface area contributed by atoms with Crippen molar-refractivity contribution in [2.45, 2.75) is 52.2 Å². The zero-order valence-electron chi connectivity index (χ0n) is 8.95. The zero-order chi connectivity index (χ0) is 9.97. The molecule has 1 heterocycles. The highest BCUT2D eigenvalue weighted by Gasteiger charge is 2.21. The Kier molecular flexibility index (Phi) is 2.82. The minimum atomic E-state index is 0.738. The summed E-state index contributed by atoms with van der Waals surface area (Å²) in [6.45, 7) is 6.09. The summed E-state index contributed by atoms with van der Waals surface area (Å²) in [5.74, 6) is 2.11. The molecule has 1 fully saturated rings. The normalized spacial score (nSPS) is 16.1. The van der Waals surface area contributed by atoms with Crippen molar-refractivity contribution < 1.29 is 0 Å². The first-order valence-electron chi connectivity index (χ1n) is 5.43. The van der Waals surface area contributed by atoms with Gasteiger partial charge in [-0.15, -0.1) is 10.2 Å². The molecule has 1 saturated carbocycles. The van der Waals surface area contributed by atoms with Crippen molar-refractivity contribution in [1.29, 1.82) is 0 Å². The van der Waals surface area contributed by atoms with Crippen LogP contribution in [0.15, 0.2) is 0 Å². The maximum absolute atomic E-state index is 4.18. The van der Waals surface area contributed by atoms with Crippen LogP contribution >= 0.6 is 0 Å². The van der Waals surface area contributed by atoms with E-state index in [4.69, 9.17) is 0 Å². The van der Waals surface area contributed by atoms with Gasteiger partial charge in [-0.3, -0.25) is 0 Å². The second kappa shape index (κ2) is 4.09. The van der Waals surface area contributed by atoms with Crippen molar-refractivity contribution in [3.63, 3.8) is 0 Å². The van der Waals surface area contributed by atoms with Gasteiger partial charge in [-0.25, -0.2) is 0 Å². The summed E-state index contributed by atoms with van der Waals surface area (Å²) in [4.78, 5) is 0. The number of hydrogen-bond acceptors (Lipinski definition) is 3. The number of nitrogens with zero attached hydrogens (tertiary/aromatic N) is 3. The van der Waals surface area contributed by atoms with Crippen LogP contribution in [-0.4, -0.2) is 20.8 Å². The fraction of sp³-hybridized carbons (Fsp3) is 0.800. The van der Waals surface area contributed by atoms with Gasteiger partial charge in [0, 0.05) is 12.6 Å². The van der Waals surface area contributed by atoms with Crippen LogP contribution in [0.2, 0.25) is 0 Å². The number of nitrogens with one attached hydrogen (secondary N) is 1. The third kappa shape index (κ3) is 2.12. The lowest BCUT2D eigenvalue weighted by molar-refractivity contribution is 0.578. The molecule has 0 radical (unpaired) electrons. The Hall–Kier alpha value is -0.900. The molecule has 0 atom stereocenters. The monoisotopic (exact) mass is 194 g/mol. The number of rotatable bonds is 5. The molecular weight excluding hydrogens is 176 g/mol. The van der Waals surface area contributed by atoms with Crippen molar-refractivity contribution in [1.82, 2.24) is 20.1 Å². The minimum absolute atomic E-state index is 0.738. The first-order chi connectivity index (χ1) is 6.81. The van der Waals surface area contributed by atoms with Crippen molar-refractivity contribution in [3.8, 4) is 0 Å². The Morgan fingerprint density at radius 3 is 2.86 bits per heavy atom. The van der Waals surface area contributed by atoms with Crippen LogP contribution in [0.5, 0.6) is 0 Å². The molecule has 1 aromatic heterocycles. The topological polar surface area (TPSA) is 42.7 Å². The summed E-state index contributed by atoms with van der Waals surface area (Å²) in [7, 11) is 0. The Morgan fingerprint density at radius 1 is 1.43 bits per heavy atom. The van der Waals surface area contributed by atoms with E-state index in [-0.39, 0.29) is 0 Å². The van der Waals surface area contributed by atoms with Gasteiger partial charge in [0.05, 0.1) is 6.54 Å². The van der Waals surface area contributed by atoms with Crippen LogP contribution in [0, 0.1) is 6.92 Å². The van der Waals surface area contributed by atoms with Crippen molar-refractivity contribution >= 4 is 0 Å². The predicted octanol–water partition coefficient (Wildman–Crippen LogP) is 1.25. The van der Waals surface area contributed by atoms with Crippen LogP contribution in [0.4, 0.5) is 0 Å². The molecule has 0 bridgehead atoms. The van der Waals surface area contributed by atoms with Crippen molar-refractivity contribution in [3.05, 3.63) is 11.6 Å². The lowest BCUT2D eigenvalue weighted by Crippen LogP contribution is -2.19. The van der Waals surface area contributed by atoms with E-state index in [2.05, 4.69) is 27.0 Å². The molecule has 0 unspecified atom stereocenters. The smallest absolute Gasteiger partial charge is 0.147 e. The van der Waals surface area contributed by atoms with E-state index in [9.17, 15) is 0 Å². The molecule has 1 aromatic rings. The molecule has 0 aliphatic heterocycles. The van der Waals surface area contributed by atoms with Gasteiger partial charge >= 0.3 is 0 Å². The summed E-state index contributed by atoms with van der Waals surface area (Å²) in [6.07, 6.45) is 3.77. The molecule has 4 heteroatoms. The Bertz CT molecular complexity index is 301. The molecule has 1 aliphatic rings. The van der Waals surface area contributed by atoms with E-state index < -0.39 is 0 Å². The third-order valence-corrected chi connectivity index (χ3v) is 2.59. The van der Waals surface area contributed by atoms with E-state index in [1.807, 2.05) is 6.92 Å². The van der Waals surface area contributed by atoms with Crippen LogP contribution in [-0.2, 0) is 13.1 Å². The van der Waals surface area contributed by atoms with Crippen molar-refractivity contribution in [2.24, 2.45) is 0 Å². The fourth-order valence-corrected chi connectivity index (χ4v) is 1.59. The maximum Gasteiger partial charge on any atom is 0.147 e. The molecular formula is C10H18N4. The van der Waals surface area contributed by atoms with Crippen LogP contribution in [0.3, 0.4) is 0 Å². The van der Waals surface area contributed by atoms with Gasteiger partial charge in [-0.05, 0) is 26.2 Å². The molecule has 1 aliphatic carbocycles. The van der Waals surface area contributed by atoms with Gasteiger partial charge in [0.1, 0.15) is 11.6 Å². The van der Waals surface area contributed by atoms with Gasteiger partial charge < -0.3 is 9.88 Å². The lowest BCUT2D eigenvalue weighted by atomic mass is 10.4. The number of hydrogen-bond donors (Lipinski definition) is 1. The third-order valence-electron chi connectivity index (χ3n) is 2.59. The van der Waals surface area contributed by atoms with Crippen LogP contribution in [0.1, 0.15) is 37.8 Å². The Morgan fingerprint density at radius 2 is 2.21 bits per heavy atom. The molecule has 0 saturated heterocycles. The van der Waals surface area contributed by atoms with Gasteiger partial charge in [-0.1, -0.05) is 6.92 Å². The summed E-state index contributed by atoms with van der Waals surface area (Å²) in [5.41, 5.74) is 0. The van der Waals surface area contributed by atoms with Gasteiger partial charge in [0.15, 0.2) is 0 Å². The first-order valence-corrected chi connectivity index (χ1v) is 5.43. The zero-order valence-corrected chi connectivity index (χ0v) is 8.95. The molecule has 78 valence electrons. The molecule has 0 amide bonds. The summed E-state index contributed by atoms with van der Waals surface area (Å²) < 4.78 is 2.20. The Balaban J connectivity index is 1.98. The van der Waals surface area contributed by atoms with E-state index in [0.717, 1.165) is 37.2 Å². The average Bonchev–Trinajstić information content (AvgIpc) is 2.94. The molecule has 0 spiro atoms. The van der Waals surface area contributed by atoms with E-state index in [0.29, 0.717) is 0 Å². The maximum atomic E-state index is 4.18. The SMILES string of the molecule is CCCn1c(C)nnc1CNC1CC1. The van der Waals surface area contributed by atoms with E-state index in [1.54, 1.807) is 0 Å². The summed E-state index contributed by atoms with van der Waals surface area (Å²) in [5, 5.41) is 11.8. The number of aryl methyl sites for hydroxylation is 1. The van der Waals surface area contributed by atoms with Crippen LogP contribution in [0.25, 0.3) is 0 Å². The van der Waals surface area contributed by atoms with E-state index in [1.165, 1.54) is 12.8 Å². The molecule has 4 nitrogen and oxygen atoms in total. The van der Waals surface area contributed by atoms with Gasteiger partial charge in [0.2, 0.25) is 0 Å². The highest BCUT2D eigenvalue weighted by molar-refractivity contribution is 4.95. The first kappa shape index (κ1) is 9.65. The summed E-state index contributed by atoms with van der Waals surface area (Å²) in [6, 6.07) is 0.738. The largest absolute Gasteiger partial charge is 0.314 e. The standard InChI is InChI=1S/C10H18N4/c1-3-6-14-8(2)12-13-10(14)7-11-9-4-5-9/h9,11H,3-7H2,1-2H3. The molecule has 0 aromatic carbocycles. The quantitative estimate of drug-likeness (QED) is 0.767. The fourth-order valence-electron chi connectivity index (χ4n) is 1.59. The lowest BCUT2D eigenvalue weighted by Gasteiger charge is -2.07. The molecule has 2 rings (SSSR count). The minimum Gasteiger partial charge on any atom is -0.314 e. The molecule has 14 heavy (non-hydrogen) atoms. The molecule has 1 N–H and O–H groups in total. The van der Waals surface area contributed by atoms with Crippen LogP contribution < -0.4 is 5.32 Å². The Labute approximate surface area is 84.7 Å². The average molecular weight is 194 g/mol. The highest BCUT2D eigenvalue weighted by atomic mass is 15.3. The predicted molar refractivity (Wildman–Crippen MR) is 54.9 cm³/mol.